The molecule has 3 heterocycles. The summed E-state index contributed by atoms with van der Waals surface area (Å²) >= 11 is 0. The minimum Gasteiger partial charge on any atom is -0.340 e. The molecule has 1 amide bonds. The number of hydrogen-bond donors (Lipinski definition) is 2. The van der Waals surface area contributed by atoms with Crippen LogP contribution in [0.3, 0.4) is 0 Å². The summed E-state index contributed by atoms with van der Waals surface area (Å²) in [5.74, 6) is 0.361. The van der Waals surface area contributed by atoms with E-state index in [1.807, 2.05) is 11.0 Å². The Balaban J connectivity index is 1.62. The molecular weight excluding hydrogens is 321 g/mol. The van der Waals surface area contributed by atoms with Crippen molar-refractivity contribution in [2.45, 2.75) is 25.3 Å². The first-order chi connectivity index (χ1) is 12.2. The normalized spacial score (nSPS) is 17.6. The molecule has 0 spiro atoms. The molecule has 2 aromatic heterocycles. The number of halogens is 1. The lowest BCUT2D eigenvalue weighted by Gasteiger charge is -2.34. The Morgan fingerprint density at radius 3 is 3.00 bits per heavy atom. The highest BCUT2D eigenvalue weighted by atomic mass is 19.1. The Morgan fingerprint density at radius 1 is 1.28 bits per heavy atom. The van der Waals surface area contributed by atoms with E-state index in [4.69, 9.17) is 0 Å². The molecule has 1 aliphatic heterocycles. The number of benzene rings is 1. The number of carbonyl (C=O) groups excluding carboxylic acids is 1. The second kappa shape index (κ2) is 6.51. The van der Waals surface area contributed by atoms with Crippen molar-refractivity contribution in [2.75, 3.05) is 6.54 Å². The third-order valence-corrected chi connectivity index (χ3v) is 4.54. The number of aromatic nitrogens is 4. The number of piperidine rings is 1. The summed E-state index contributed by atoms with van der Waals surface area (Å²) in [6.45, 7) is 0.679. The first kappa shape index (κ1) is 15.6. The Morgan fingerprint density at radius 2 is 2.20 bits per heavy atom. The average molecular weight is 339 g/mol. The minimum atomic E-state index is -0.289. The van der Waals surface area contributed by atoms with Gasteiger partial charge in [-0.15, -0.1) is 0 Å². The number of hydrogen-bond acceptors (Lipinski definition) is 3. The quantitative estimate of drug-likeness (QED) is 0.768. The Kier molecular flexibility index (Phi) is 4.05. The van der Waals surface area contributed by atoms with E-state index < -0.39 is 0 Å². The Labute approximate surface area is 144 Å². The molecular formula is C18H18FN5O. The molecule has 0 saturated carbocycles. The van der Waals surface area contributed by atoms with Crippen LogP contribution in [0, 0.1) is 5.82 Å². The van der Waals surface area contributed by atoms with Crippen molar-refractivity contribution < 1.29 is 9.18 Å². The van der Waals surface area contributed by atoms with Gasteiger partial charge in [0.25, 0.3) is 5.91 Å². The highest BCUT2D eigenvalue weighted by Crippen LogP contribution is 2.31. The highest BCUT2D eigenvalue weighted by Gasteiger charge is 2.31. The fourth-order valence-electron chi connectivity index (χ4n) is 3.30. The zero-order chi connectivity index (χ0) is 17.2. The van der Waals surface area contributed by atoms with E-state index in [-0.39, 0.29) is 17.8 Å². The summed E-state index contributed by atoms with van der Waals surface area (Å²) in [4.78, 5) is 22.3. The standard InChI is InChI=1S/C18H18FN5O/c19-13-5-3-4-12(10-13)15-11-20-17(22-15)16-6-1-2-9-24(16)18(25)14-7-8-21-23-14/h3-5,7-8,10-11,16H,1-2,6,9H2,(H,20,22)(H,21,23). The lowest BCUT2D eigenvalue weighted by molar-refractivity contribution is 0.0595. The zero-order valence-electron chi connectivity index (χ0n) is 13.6. The van der Waals surface area contributed by atoms with Crippen LogP contribution in [-0.2, 0) is 0 Å². The van der Waals surface area contributed by atoms with Crippen molar-refractivity contribution >= 4 is 5.91 Å². The zero-order valence-corrected chi connectivity index (χ0v) is 13.6. The van der Waals surface area contributed by atoms with Crippen molar-refractivity contribution in [3.05, 3.63) is 60.1 Å². The number of carbonyl (C=O) groups is 1. The predicted molar refractivity (Wildman–Crippen MR) is 90.2 cm³/mol. The summed E-state index contributed by atoms with van der Waals surface area (Å²) < 4.78 is 13.4. The van der Waals surface area contributed by atoms with E-state index in [9.17, 15) is 9.18 Å². The summed E-state index contributed by atoms with van der Waals surface area (Å²) in [7, 11) is 0. The van der Waals surface area contributed by atoms with Gasteiger partial charge in [-0.05, 0) is 37.5 Å². The predicted octanol–water partition coefficient (Wildman–Crippen LogP) is 3.31. The number of nitrogens with one attached hydrogen (secondary N) is 2. The fraction of sp³-hybridized carbons (Fsp3) is 0.278. The van der Waals surface area contributed by atoms with Gasteiger partial charge in [-0.1, -0.05) is 12.1 Å². The number of aromatic amines is 2. The third-order valence-electron chi connectivity index (χ3n) is 4.54. The summed E-state index contributed by atoms with van der Waals surface area (Å²) in [5, 5.41) is 6.59. The van der Waals surface area contributed by atoms with Crippen LogP contribution in [0.25, 0.3) is 11.3 Å². The molecule has 1 unspecified atom stereocenters. The number of amides is 1. The van der Waals surface area contributed by atoms with Gasteiger partial charge in [0.1, 0.15) is 17.3 Å². The van der Waals surface area contributed by atoms with Crippen LogP contribution in [0.1, 0.15) is 41.6 Å². The number of H-pyrrole nitrogens is 2. The largest absolute Gasteiger partial charge is 0.340 e. The van der Waals surface area contributed by atoms with E-state index >= 15 is 0 Å². The molecule has 4 rings (SSSR count). The Hall–Kier alpha value is -2.96. The van der Waals surface area contributed by atoms with E-state index in [2.05, 4.69) is 20.2 Å². The second-order valence-electron chi connectivity index (χ2n) is 6.17. The lowest BCUT2D eigenvalue weighted by Crippen LogP contribution is -2.39. The van der Waals surface area contributed by atoms with Crippen LogP contribution in [0.2, 0.25) is 0 Å². The second-order valence-corrected chi connectivity index (χ2v) is 6.17. The van der Waals surface area contributed by atoms with Crippen LogP contribution in [0.5, 0.6) is 0 Å². The lowest BCUT2D eigenvalue weighted by atomic mass is 10.0. The number of rotatable bonds is 3. The van der Waals surface area contributed by atoms with E-state index in [1.54, 1.807) is 24.5 Å². The highest BCUT2D eigenvalue weighted by molar-refractivity contribution is 5.92. The van der Waals surface area contributed by atoms with Crippen molar-refractivity contribution in [2.24, 2.45) is 0 Å². The molecule has 25 heavy (non-hydrogen) atoms. The minimum absolute atomic E-state index is 0.0779. The molecule has 1 aromatic carbocycles. The number of nitrogens with zero attached hydrogens (tertiary/aromatic N) is 3. The van der Waals surface area contributed by atoms with Crippen LogP contribution in [0.15, 0.2) is 42.7 Å². The fourth-order valence-corrected chi connectivity index (χ4v) is 3.30. The van der Waals surface area contributed by atoms with Gasteiger partial charge < -0.3 is 9.88 Å². The molecule has 128 valence electrons. The SMILES string of the molecule is O=C(c1ccn[nH]1)N1CCCCC1c1ncc(-c2cccc(F)c2)[nH]1. The van der Waals surface area contributed by atoms with Gasteiger partial charge in [0.2, 0.25) is 0 Å². The van der Waals surface area contributed by atoms with Gasteiger partial charge in [-0.3, -0.25) is 9.89 Å². The van der Waals surface area contributed by atoms with Crippen LogP contribution < -0.4 is 0 Å². The maximum absolute atomic E-state index is 13.4. The average Bonchev–Trinajstić information content (AvgIpc) is 3.33. The molecule has 7 heteroatoms. The monoisotopic (exact) mass is 339 g/mol. The molecule has 0 aliphatic carbocycles. The molecule has 1 saturated heterocycles. The van der Waals surface area contributed by atoms with Gasteiger partial charge >= 0.3 is 0 Å². The van der Waals surface area contributed by atoms with Crippen LogP contribution in [0.4, 0.5) is 4.39 Å². The first-order valence-electron chi connectivity index (χ1n) is 8.33. The molecule has 1 aliphatic rings. The summed E-state index contributed by atoms with van der Waals surface area (Å²) in [6, 6.07) is 7.92. The van der Waals surface area contributed by atoms with Gasteiger partial charge in [0, 0.05) is 18.3 Å². The maximum atomic E-state index is 13.4. The van der Waals surface area contributed by atoms with Gasteiger partial charge in [-0.25, -0.2) is 9.37 Å². The molecule has 1 fully saturated rings. The number of imidazole rings is 1. The van der Waals surface area contributed by atoms with Crippen molar-refractivity contribution in [3.8, 4) is 11.3 Å². The molecule has 2 N–H and O–H groups in total. The van der Waals surface area contributed by atoms with Crippen LogP contribution in [-0.4, -0.2) is 37.5 Å². The van der Waals surface area contributed by atoms with E-state index in [0.29, 0.717) is 12.2 Å². The molecule has 0 bridgehead atoms. The van der Waals surface area contributed by atoms with Gasteiger partial charge in [-0.2, -0.15) is 5.10 Å². The van der Waals surface area contributed by atoms with E-state index in [1.165, 1.54) is 12.1 Å². The smallest absolute Gasteiger partial charge is 0.272 e. The van der Waals surface area contributed by atoms with Crippen LogP contribution >= 0.6 is 0 Å². The van der Waals surface area contributed by atoms with E-state index in [0.717, 1.165) is 36.3 Å². The summed E-state index contributed by atoms with van der Waals surface area (Å²) in [5.41, 5.74) is 1.96. The number of likely N-dealkylation sites (tertiary alicyclic amines) is 1. The first-order valence-corrected chi connectivity index (χ1v) is 8.33. The third kappa shape index (κ3) is 3.05. The molecule has 1 atom stereocenters. The molecule has 3 aromatic rings. The maximum Gasteiger partial charge on any atom is 0.272 e. The van der Waals surface area contributed by atoms with Crippen molar-refractivity contribution in [1.82, 2.24) is 25.1 Å². The van der Waals surface area contributed by atoms with Crippen molar-refractivity contribution in [1.29, 1.82) is 0 Å². The topological polar surface area (TPSA) is 77.7 Å². The Bertz CT molecular complexity index is 873. The van der Waals surface area contributed by atoms with Crippen molar-refractivity contribution in [3.63, 3.8) is 0 Å². The summed E-state index contributed by atoms with van der Waals surface area (Å²) in [6.07, 6.45) is 6.11. The van der Waals surface area contributed by atoms with Gasteiger partial charge in [0.15, 0.2) is 0 Å². The molecule has 0 radical (unpaired) electrons. The van der Waals surface area contributed by atoms with Gasteiger partial charge in [0.05, 0.1) is 17.9 Å². The molecule has 6 nitrogen and oxygen atoms in total.